The first kappa shape index (κ1) is 39.2. The van der Waals surface area contributed by atoms with Gasteiger partial charge in [-0.15, -0.1) is 0 Å². The second-order valence-electron chi connectivity index (χ2n) is 19.4. The minimum absolute atomic E-state index is 0.193. The van der Waals surface area contributed by atoms with Crippen LogP contribution in [0.25, 0.3) is 0 Å². The zero-order valence-electron chi connectivity index (χ0n) is 33.8. The maximum Gasteiger partial charge on any atom is 0.506 e. The number of fused-ring (bicyclic) bond motifs is 3. The third kappa shape index (κ3) is 5.68. The summed E-state index contributed by atoms with van der Waals surface area (Å²) in [6, 6.07) is -0.279. The molecule has 2 bridgehead atoms. The van der Waals surface area contributed by atoms with Gasteiger partial charge in [-0.1, -0.05) is 74.0 Å². The van der Waals surface area contributed by atoms with Crippen molar-refractivity contribution in [2.24, 2.45) is 62.4 Å². The number of amides is 1. The van der Waals surface area contributed by atoms with Gasteiger partial charge in [0.2, 0.25) is 5.82 Å². The third-order valence-corrected chi connectivity index (χ3v) is 16.3. The molecule has 1 aromatic heterocycles. The number of nitrogens with two attached hydrogens (primary N) is 1. The Hall–Kier alpha value is -2.50. The summed E-state index contributed by atoms with van der Waals surface area (Å²) in [7, 11) is 0. The number of hydrogen-bond acceptors (Lipinski definition) is 8. The number of hydrogen-bond donors (Lipinski definition) is 3. The normalized spacial score (nSPS) is 41.6. The van der Waals surface area contributed by atoms with Crippen LogP contribution < -0.4 is 11.1 Å². The number of carbonyl (C=O) groups is 2. The quantitative estimate of drug-likeness (QED) is 0.167. The highest BCUT2D eigenvalue weighted by Gasteiger charge is 2.72. The number of ether oxygens (including phenoxy) is 3. The van der Waals surface area contributed by atoms with Crippen LogP contribution in [0.2, 0.25) is 0 Å². The Bertz CT molecular complexity index is 1560. The average molecular weight is 726 g/mol. The molecule has 4 fully saturated rings. The predicted molar refractivity (Wildman–Crippen MR) is 200 cm³/mol. The van der Waals surface area contributed by atoms with Gasteiger partial charge < -0.3 is 30.4 Å². The topological polar surface area (TPSA) is 151 Å². The summed E-state index contributed by atoms with van der Waals surface area (Å²) < 4.78 is 21.7. The van der Waals surface area contributed by atoms with Crippen molar-refractivity contribution in [2.75, 3.05) is 26.4 Å². The number of allylic oxidation sites excluding steroid dienone is 1. The van der Waals surface area contributed by atoms with Crippen molar-refractivity contribution in [2.45, 2.75) is 138 Å². The van der Waals surface area contributed by atoms with Crippen LogP contribution in [0.4, 0.5) is 4.79 Å². The van der Waals surface area contributed by atoms with E-state index >= 15 is 0 Å². The molecule has 1 saturated heterocycles. The SMILES string of the molecule is CCNC(=O)c1ncnn1[C@@H]1C[C@@]23COC[C@](C)([C@@H]2CC[C@H]2C3=CC[C@]3(C)[C@H](OC(=O)O)[C@@](C)([C@H](C)C(C)C)CC[C@]23C)[C@H]1OC[C@](C)(N)C(C)C. The molecular weight excluding hydrogens is 658 g/mol. The van der Waals surface area contributed by atoms with Crippen LogP contribution in [0.3, 0.4) is 0 Å². The monoisotopic (exact) mass is 726 g/mol. The number of nitrogens with zero attached hydrogens (tertiary/aromatic N) is 3. The Kier molecular flexibility index (Phi) is 10.1. The molecular formula is C41H67N5O6. The highest BCUT2D eigenvalue weighted by Crippen LogP contribution is 2.74. The molecule has 1 amide bonds. The fourth-order valence-corrected chi connectivity index (χ4v) is 12.2. The van der Waals surface area contributed by atoms with Gasteiger partial charge in [0.15, 0.2) is 0 Å². The van der Waals surface area contributed by atoms with Crippen LogP contribution in [0.15, 0.2) is 18.0 Å². The molecule has 0 radical (unpaired) electrons. The summed E-state index contributed by atoms with van der Waals surface area (Å²) in [5.41, 5.74) is 6.15. The van der Waals surface area contributed by atoms with Crippen molar-refractivity contribution in [3.63, 3.8) is 0 Å². The summed E-state index contributed by atoms with van der Waals surface area (Å²) in [4.78, 5) is 30.3. The second-order valence-corrected chi connectivity index (χ2v) is 19.4. The van der Waals surface area contributed by atoms with Gasteiger partial charge in [0.1, 0.15) is 12.4 Å². The lowest BCUT2D eigenvalue weighted by molar-refractivity contribution is -0.256. The smallest absolute Gasteiger partial charge is 0.450 e. The van der Waals surface area contributed by atoms with Crippen molar-refractivity contribution in [3.05, 3.63) is 23.8 Å². The first-order valence-corrected chi connectivity index (χ1v) is 20.0. The molecule has 1 aliphatic heterocycles. The number of carboxylic acid groups (broad SMARTS) is 1. The fourth-order valence-electron chi connectivity index (χ4n) is 12.2. The molecule has 52 heavy (non-hydrogen) atoms. The Morgan fingerprint density at radius 2 is 1.83 bits per heavy atom. The minimum Gasteiger partial charge on any atom is -0.450 e. The van der Waals surface area contributed by atoms with E-state index in [0.717, 1.165) is 32.1 Å². The maximum atomic E-state index is 13.4. The van der Waals surface area contributed by atoms with E-state index in [1.54, 1.807) is 0 Å². The molecule has 0 spiro atoms. The van der Waals surface area contributed by atoms with Crippen LogP contribution in [0, 0.1) is 56.7 Å². The summed E-state index contributed by atoms with van der Waals surface area (Å²) in [6.45, 7) is 26.3. The molecule has 11 heteroatoms. The Balaban J connectivity index is 1.47. The summed E-state index contributed by atoms with van der Waals surface area (Å²) in [6.07, 6.45) is 7.38. The highest BCUT2D eigenvalue weighted by atomic mass is 16.7. The van der Waals surface area contributed by atoms with E-state index in [9.17, 15) is 14.7 Å². The number of aromatic nitrogens is 3. The van der Waals surface area contributed by atoms with E-state index in [-0.39, 0.29) is 63.4 Å². The van der Waals surface area contributed by atoms with Crippen molar-refractivity contribution < 1.29 is 28.9 Å². The molecule has 1 aromatic rings. The van der Waals surface area contributed by atoms with Gasteiger partial charge in [0.25, 0.3) is 5.91 Å². The largest absolute Gasteiger partial charge is 0.506 e. The molecule has 292 valence electrons. The Morgan fingerprint density at radius 1 is 1.12 bits per heavy atom. The average Bonchev–Trinajstić information content (AvgIpc) is 3.56. The van der Waals surface area contributed by atoms with Gasteiger partial charge >= 0.3 is 6.16 Å². The predicted octanol–water partition coefficient (Wildman–Crippen LogP) is 7.28. The zero-order valence-corrected chi connectivity index (χ0v) is 33.8. The first-order valence-electron chi connectivity index (χ1n) is 20.0. The van der Waals surface area contributed by atoms with Crippen LogP contribution in [0.1, 0.15) is 131 Å². The standard InChI is InChI=1S/C41H67N5O6/c1-12-43-33(47)32-44-23-45-46(32)29-19-41-22-50-20-37(8,31(29)51-21-40(11,42)25(4)5)30(41)14-13-27-28(41)15-16-39(10)34(52-35(48)49)36(7,26(6)24(2)3)17-18-38(27,39)9/h15,23-27,29-31,34H,12-14,16-22,42H2,1-11H3,(H,43,47)(H,48,49)/t26-,27+,29-,30+,31+,34-,36-,37-,38-,39-,40+,41+/m1/s1. The first-order chi connectivity index (χ1) is 24.2. The number of rotatable bonds is 10. The lowest BCUT2D eigenvalue weighted by Crippen LogP contribution is -2.70. The molecule has 6 rings (SSSR count). The van der Waals surface area contributed by atoms with E-state index in [2.05, 4.69) is 78.7 Å². The van der Waals surface area contributed by atoms with Crippen LogP contribution in [-0.2, 0) is 14.2 Å². The van der Waals surface area contributed by atoms with E-state index in [1.165, 1.54) is 11.9 Å². The van der Waals surface area contributed by atoms with Gasteiger partial charge in [-0.3, -0.25) is 4.79 Å². The van der Waals surface area contributed by atoms with Gasteiger partial charge in [-0.05, 0) is 87.4 Å². The minimum atomic E-state index is -1.19. The van der Waals surface area contributed by atoms with E-state index in [4.69, 9.17) is 25.0 Å². The van der Waals surface area contributed by atoms with Gasteiger partial charge in [-0.25, -0.2) is 14.5 Å². The number of carbonyl (C=O) groups excluding carboxylic acids is 1. The molecule has 4 aliphatic carbocycles. The van der Waals surface area contributed by atoms with Gasteiger partial charge in [0, 0.05) is 33.7 Å². The molecule has 4 N–H and O–H groups in total. The Morgan fingerprint density at radius 3 is 2.46 bits per heavy atom. The number of nitrogens with one attached hydrogen (secondary N) is 1. The van der Waals surface area contributed by atoms with Gasteiger partial charge in [0.05, 0.1) is 32.0 Å². The summed E-state index contributed by atoms with van der Waals surface area (Å²) >= 11 is 0. The third-order valence-electron chi connectivity index (χ3n) is 16.3. The van der Waals surface area contributed by atoms with E-state index < -0.39 is 23.2 Å². The molecule has 0 unspecified atom stereocenters. The molecule has 2 heterocycles. The summed E-state index contributed by atoms with van der Waals surface area (Å²) in [5.74, 6) is 1.45. The van der Waals surface area contributed by atoms with E-state index in [0.29, 0.717) is 44.5 Å². The zero-order chi connectivity index (χ0) is 38.2. The van der Waals surface area contributed by atoms with Crippen molar-refractivity contribution in [1.29, 1.82) is 0 Å². The second kappa shape index (κ2) is 13.4. The fraction of sp³-hybridized carbons (Fsp3) is 0.854. The summed E-state index contributed by atoms with van der Waals surface area (Å²) in [5, 5.41) is 17.9. The lowest BCUT2D eigenvalue weighted by Gasteiger charge is -2.71. The highest BCUT2D eigenvalue weighted by molar-refractivity contribution is 5.90. The van der Waals surface area contributed by atoms with Crippen molar-refractivity contribution >= 4 is 12.1 Å². The molecule has 0 aromatic carbocycles. The molecule has 11 nitrogen and oxygen atoms in total. The van der Waals surface area contributed by atoms with Crippen LogP contribution >= 0.6 is 0 Å². The Labute approximate surface area is 311 Å². The molecule has 5 aliphatic rings. The molecule has 3 saturated carbocycles. The lowest BCUT2D eigenvalue weighted by atomic mass is 9.35. The van der Waals surface area contributed by atoms with Crippen LogP contribution in [0.5, 0.6) is 0 Å². The van der Waals surface area contributed by atoms with Crippen molar-refractivity contribution in [1.82, 2.24) is 20.1 Å². The maximum absolute atomic E-state index is 13.4. The van der Waals surface area contributed by atoms with Crippen LogP contribution in [-0.4, -0.2) is 76.0 Å². The van der Waals surface area contributed by atoms with E-state index in [1.807, 2.05) is 18.5 Å². The van der Waals surface area contributed by atoms with Crippen molar-refractivity contribution in [3.8, 4) is 0 Å². The van der Waals surface area contributed by atoms with Gasteiger partial charge in [-0.2, -0.15) is 5.10 Å². The molecule has 12 atom stereocenters.